The van der Waals surface area contributed by atoms with Crippen molar-refractivity contribution in [1.29, 1.82) is 0 Å². The first-order valence-corrected chi connectivity index (χ1v) is 28.3. The van der Waals surface area contributed by atoms with Gasteiger partial charge in [0, 0.05) is 85.0 Å². The zero-order valence-electron chi connectivity index (χ0n) is 41.1. The fraction of sp³-hybridized carbons (Fsp3) is 0.472. The predicted octanol–water partition coefficient (Wildman–Crippen LogP) is 9.68. The van der Waals surface area contributed by atoms with Crippen molar-refractivity contribution < 1.29 is 32.5 Å². The van der Waals surface area contributed by atoms with Gasteiger partial charge in [0.25, 0.3) is 0 Å². The van der Waals surface area contributed by atoms with Crippen LogP contribution in [-0.4, -0.2) is 108 Å². The van der Waals surface area contributed by atoms with Crippen LogP contribution in [-0.2, 0) is 25.4 Å². The van der Waals surface area contributed by atoms with Crippen molar-refractivity contribution in [3.8, 4) is 5.75 Å². The minimum atomic E-state index is -2.74. The molecule has 376 valence electrons. The number of rotatable bonds is 13. The van der Waals surface area contributed by atoms with Crippen LogP contribution in [0.25, 0.3) is 10.9 Å². The number of halogens is 3. The summed E-state index contributed by atoms with van der Waals surface area (Å²) in [6.07, 6.45) is 8.43. The highest BCUT2D eigenvalue weighted by Crippen LogP contribution is 2.43. The van der Waals surface area contributed by atoms with Crippen LogP contribution in [0.1, 0.15) is 98.9 Å². The van der Waals surface area contributed by atoms with Crippen LogP contribution in [0.5, 0.6) is 5.75 Å². The molecule has 3 aromatic carbocycles. The predicted molar refractivity (Wildman–Crippen MR) is 278 cm³/mol. The first-order chi connectivity index (χ1) is 34.1. The number of methoxy groups -OCH3 is 1. The molecule has 3 N–H and O–H groups in total. The Labute approximate surface area is 422 Å². The number of hydrogen-bond donors (Lipinski definition) is 3. The average molecular weight is 1060 g/mol. The summed E-state index contributed by atoms with van der Waals surface area (Å²) in [6.45, 7) is 12.5. The topological polar surface area (TPSA) is 162 Å². The number of amides is 3. The summed E-state index contributed by atoms with van der Waals surface area (Å²) in [5, 5.41) is 10.6. The Balaban J connectivity index is 0.763. The van der Waals surface area contributed by atoms with Gasteiger partial charge in [0.15, 0.2) is 0 Å². The van der Waals surface area contributed by atoms with E-state index >= 15 is 8.78 Å². The molecule has 4 fully saturated rings. The van der Waals surface area contributed by atoms with E-state index in [4.69, 9.17) is 9.72 Å². The molecule has 0 aliphatic carbocycles. The highest BCUT2D eigenvalue weighted by atomic mass is 79.9. The molecule has 0 saturated carbocycles. The maximum absolute atomic E-state index is 15.3. The van der Waals surface area contributed by atoms with Crippen molar-refractivity contribution in [3.63, 3.8) is 0 Å². The van der Waals surface area contributed by atoms with Crippen molar-refractivity contribution in [2.45, 2.75) is 95.9 Å². The van der Waals surface area contributed by atoms with E-state index in [0.717, 1.165) is 91.6 Å². The lowest BCUT2D eigenvalue weighted by Gasteiger charge is -2.43. The minimum Gasteiger partial charge on any atom is -0.494 e. The van der Waals surface area contributed by atoms with Gasteiger partial charge in [-0.2, -0.15) is 4.98 Å². The van der Waals surface area contributed by atoms with Crippen molar-refractivity contribution in [1.82, 2.24) is 30.1 Å². The van der Waals surface area contributed by atoms with E-state index in [9.17, 15) is 18.9 Å². The van der Waals surface area contributed by atoms with E-state index in [2.05, 4.69) is 70.7 Å². The Bertz CT molecular complexity index is 2870. The number of aryl methyl sites for hydroxylation is 2. The summed E-state index contributed by atoms with van der Waals surface area (Å²) in [6, 6.07) is 15.1. The number of carbonyl (C=O) groups excluding carboxylic acids is 3. The van der Waals surface area contributed by atoms with Crippen molar-refractivity contribution >= 4 is 85.8 Å². The van der Waals surface area contributed by atoms with Gasteiger partial charge in [-0.05, 0) is 160 Å². The maximum atomic E-state index is 15.3. The monoisotopic (exact) mass is 1050 g/mol. The third-order valence-electron chi connectivity index (χ3n) is 15.0. The van der Waals surface area contributed by atoms with Crippen LogP contribution >= 0.6 is 23.1 Å². The number of hydrogen-bond acceptors (Lipinski definition) is 12. The molecule has 4 saturated heterocycles. The van der Waals surface area contributed by atoms with E-state index in [1.807, 2.05) is 36.1 Å². The van der Waals surface area contributed by atoms with Crippen LogP contribution < -0.4 is 30.9 Å². The second kappa shape index (κ2) is 21.3. The summed E-state index contributed by atoms with van der Waals surface area (Å²) in [5.41, 5.74) is 5.75. The summed E-state index contributed by atoms with van der Waals surface area (Å²) in [5.74, 6) is -1.67. The van der Waals surface area contributed by atoms with Gasteiger partial charge in [0.1, 0.15) is 30.3 Å². The molecule has 4 aliphatic rings. The SMILES string of the molecule is CCc1cc(Nc2ncc(Br)c(Nc3ccc4nc(C)ccc4c3P(C)(C)=O)n2)c(OC)cc1N1CCC(N2CCC(CC(=O)N3CCC(c4cc(F)c(C5CCC(=O)NC5=O)c(F)c4)CC3)CC2)CC1. The summed E-state index contributed by atoms with van der Waals surface area (Å²) in [4.78, 5) is 58.5. The lowest BCUT2D eigenvalue weighted by Crippen LogP contribution is -2.48. The van der Waals surface area contributed by atoms with E-state index in [1.165, 1.54) is 17.7 Å². The molecule has 0 radical (unpaired) electrons. The molecular formula is C53H63BrF2N9O5P. The van der Waals surface area contributed by atoms with Crippen LogP contribution in [0.4, 0.5) is 37.6 Å². The van der Waals surface area contributed by atoms with E-state index in [1.54, 1.807) is 26.6 Å². The fourth-order valence-electron chi connectivity index (χ4n) is 11.2. The summed E-state index contributed by atoms with van der Waals surface area (Å²) in [7, 11) is -1.07. The molecule has 1 atom stereocenters. The van der Waals surface area contributed by atoms with Gasteiger partial charge in [0.05, 0.1) is 34.4 Å². The number of ether oxygens (including phenoxy) is 1. The number of benzene rings is 3. The number of fused-ring (bicyclic) bond motifs is 1. The molecule has 0 spiro atoms. The Morgan fingerprint density at radius 1 is 0.887 bits per heavy atom. The van der Waals surface area contributed by atoms with Crippen molar-refractivity contribution in [2.24, 2.45) is 5.92 Å². The van der Waals surface area contributed by atoms with Gasteiger partial charge in [-0.1, -0.05) is 13.0 Å². The van der Waals surface area contributed by atoms with Gasteiger partial charge in [-0.3, -0.25) is 24.7 Å². The molecule has 2 aromatic heterocycles. The van der Waals surface area contributed by atoms with Gasteiger partial charge >= 0.3 is 0 Å². The Hall–Kier alpha value is -5.51. The van der Waals surface area contributed by atoms with E-state index in [0.29, 0.717) is 77.6 Å². The van der Waals surface area contributed by atoms with Crippen LogP contribution in [0.3, 0.4) is 0 Å². The second-order valence-corrected chi connectivity index (χ2v) is 24.0. The number of nitrogens with one attached hydrogen (secondary N) is 3. The number of likely N-dealkylation sites (tertiary alicyclic amines) is 2. The molecular weight excluding hydrogens is 992 g/mol. The number of nitrogens with zero attached hydrogens (tertiary/aromatic N) is 6. The lowest BCUT2D eigenvalue weighted by atomic mass is 9.85. The van der Waals surface area contributed by atoms with E-state index < -0.39 is 36.5 Å². The molecule has 71 heavy (non-hydrogen) atoms. The third kappa shape index (κ3) is 11.1. The quantitative estimate of drug-likeness (QED) is 0.0758. The first kappa shape index (κ1) is 50.4. The number of aromatic nitrogens is 3. The highest BCUT2D eigenvalue weighted by molar-refractivity contribution is 9.10. The zero-order chi connectivity index (χ0) is 50.1. The van der Waals surface area contributed by atoms with Gasteiger partial charge < -0.3 is 34.6 Å². The molecule has 5 aromatic rings. The van der Waals surface area contributed by atoms with E-state index in [-0.39, 0.29) is 30.2 Å². The number of pyridine rings is 1. The number of piperidine rings is 4. The van der Waals surface area contributed by atoms with Crippen LogP contribution in [0.15, 0.2) is 59.2 Å². The average Bonchev–Trinajstić information content (AvgIpc) is 3.35. The smallest absolute Gasteiger partial charge is 0.234 e. The summed E-state index contributed by atoms with van der Waals surface area (Å²) < 4.78 is 50.8. The van der Waals surface area contributed by atoms with Crippen molar-refractivity contribution in [3.05, 3.63) is 93.2 Å². The summed E-state index contributed by atoms with van der Waals surface area (Å²) >= 11 is 3.62. The van der Waals surface area contributed by atoms with Crippen LogP contribution in [0, 0.1) is 24.5 Å². The molecule has 1 unspecified atom stereocenters. The minimum absolute atomic E-state index is 0.0456. The second-order valence-electron chi connectivity index (χ2n) is 20.0. The zero-order valence-corrected chi connectivity index (χ0v) is 43.6. The Morgan fingerprint density at radius 3 is 2.27 bits per heavy atom. The number of anilines is 5. The van der Waals surface area contributed by atoms with Crippen molar-refractivity contribution in [2.75, 3.05) is 75.2 Å². The van der Waals surface area contributed by atoms with Gasteiger partial charge in [-0.15, -0.1) is 0 Å². The molecule has 14 nitrogen and oxygen atoms in total. The molecule has 18 heteroatoms. The fourth-order valence-corrected chi connectivity index (χ4v) is 12.9. The first-order valence-electron chi connectivity index (χ1n) is 24.9. The van der Waals surface area contributed by atoms with Gasteiger partial charge in [-0.25, -0.2) is 13.8 Å². The highest BCUT2D eigenvalue weighted by Gasteiger charge is 2.35. The van der Waals surface area contributed by atoms with Gasteiger partial charge in [0.2, 0.25) is 23.7 Å². The molecule has 0 bridgehead atoms. The number of carbonyl (C=O) groups is 3. The van der Waals surface area contributed by atoms with Crippen LogP contribution in [0.2, 0.25) is 0 Å². The Morgan fingerprint density at radius 2 is 1.61 bits per heavy atom. The molecule has 6 heterocycles. The maximum Gasteiger partial charge on any atom is 0.234 e. The molecule has 9 rings (SSSR count). The third-order valence-corrected chi connectivity index (χ3v) is 17.1. The normalized spacial score (nSPS) is 19.0. The molecule has 3 amide bonds. The standard InChI is InChI=1S/C53H63BrF2N9O5P/c1-6-33-28-44(60-53-57-30-39(54)51(62-53)59-43-11-10-42-37(8-7-31(2)58-42)50(43)71(4,5)69)46(70-3)29-45(33)64-23-17-36(18-24-64)63-19-13-32(14-20-63)25-48(67)65-21-15-34(16-22-65)35-26-40(55)49(41(56)27-35)38-9-12-47(66)61-52(38)68/h7-8,10-11,26-30,32,34,36,38H,6,9,12-25H2,1-5H3,(H,61,66,68)(H2,57,59,60,62). The Kier molecular flexibility index (Phi) is 15.1. The number of imide groups is 1. The molecule has 4 aliphatic heterocycles. The largest absolute Gasteiger partial charge is 0.494 e. The lowest BCUT2D eigenvalue weighted by molar-refractivity contribution is -0.135.